The predicted octanol–water partition coefficient (Wildman–Crippen LogP) is 3.45. The fourth-order valence-electron chi connectivity index (χ4n) is 4.78. The number of rotatable bonds is 5. The van der Waals surface area contributed by atoms with E-state index in [1.807, 2.05) is 12.2 Å². The molecule has 2 bridgehead atoms. The number of ketones is 1. The van der Waals surface area contributed by atoms with Crippen LogP contribution in [0.25, 0.3) is 0 Å². The molecule has 5 rings (SSSR count). The highest BCUT2D eigenvalue weighted by atomic mass is 35.5. The highest BCUT2D eigenvalue weighted by Crippen LogP contribution is 2.52. The largest absolute Gasteiger partial charge is 0.291 e. The van der Waals surface area contributed by atoms with E-state index in [-0.39, 0.29) is 28.2 Å². The summed E-state index contributed by atoms with van der Waals surface area (Å²) in [5.41, 5.74) is 0.136. The SMILES string of the molecule is O=C(CN(C(=O)c1ccccc1Cl)N1C(=O)[C@@H]2[C@@H](C1=O)[C@H]1C=C[C@H]2C1)c1cccs1. The van der Waals surface area contributed by atoms with Gasteiger partial charge in [0.15, 0.2) is 5.78 Å². The number of hydrogen-bond acceptors (Lipinski definition) is 5. The minimum Gasteiger partial charge on any atom is -0.291 e. The molecule has 0 radical (unpaired) electrons. The maximum absolute atomic E-state index is 13.4. The molecule has 1 aromatic carbocycles. The van der Waals surface area contributed by atoms with Crippen LogP contribution in [0.2, 0.25) is 5.02 Å². The Bertz CT molecular complexity index is 1070. The second-order valence-electron chi connectivity index (χ2n) is 7.73. The molecular weight excluding hydrogens is 424 g/mol. The zero-order valence-electron chi connectivity index (χ0n) is 15.7. The molecule has 8 heteroatoms. The van der Waals surface area contributed by atoms with Crippen LogP contribution in [0, 0.1) is 23.7 Å². The number of hydrazine groups is 1. The molecular formula is C22H17ClN2O4S. The zero-order chi connectivity index (χ0) is 21.0. The van der Waals surface area contributed by atoms with Gasteiger partial charge in [-0.2, -0.15) is 5.01 Å². The van der Waals surface area contributed by atoms with Crippen LogP contribution in [0.3, 0.4) is 0 Å². The molecule has 2 heterocycles. The lowest BCUT2D eigenvalue weighted by atomic mass is 9.85. The zero-order valence-corrected chi connectivity index (χ0v) is 17.3. The Kier molecular flexibility index (Phi) is 4.60. The number of Topliss-reactive ketones (excluding diaryl/α,β-unsaturated/α-hetero) is 1. The molecule has 0 unspecified atom stereocenters. The van der Waals surface area contributed by atoms with Gasteiger partial charge in [0, 0.05) is 0 Å². The van der Waals surface area contributed by atoms with Gasteiger partial charge in [0.1, 0.15) is 6.54 Å². The lowest BCUT2D eigenvalue weighted by molar-refractivity contribution is -0.154. The van der Waals surface area contributed by atoms with Crippen LogP contribution in [0.4, 0.5) is 0 Å². The number of allylic oxidation sites excluding steroid dienone is 2. The fraction of sp³-hybridized carbons (Fsp3) is 0.273. The Labute approximate surface area is 181 Å². The van der Waals surface area contributed by atoms with Crippen molar-refractivity contribution in [1.82, 2.24) is 10.0 Å². The Morgan fingerprint density at radius 1 is 1.03 bits per heavy atom. The minimum atomic E-state index is -0.646. The molecule has 0 spiro atoms. The van der Waals surface area contributed by atoms with Crippen molar-refractivity contribution in [2.75, 3.05) is 6.54 Å². The van der Waals surface area contributed by atoms with E-state index < -0.39 is 36.1 Å². The highest BCUT2D eigenvalue weighted by Gasteiger charge is 2.61. The van der Waals surface area contributed by atoms with Gasteiger partial charge in [-0.15, -0.1) is 11.3 Å². The van der Waals surface area contributed by atoms with Gasteiger partial charge >= 0.3 is 0 Å². The minimum absolute atomic E-state index is 0.00622. The van der Waals surface area contributed by atoms with E-state index in [9.17, 15) is 19.2 Å². The summed E-state index contributed by atoms with van der Waals surface area (Å²) in [6.45, 7) is -0.412. The van der Waals surface area contributed by atoms with E-state index in [1.54, 1.807) is 35.7 Å². The topological polar surface area (TPSA) is 74.8 Å². The number of hydrogen-bond donors (Lipinski definition) is 0. The second kappa shape index (κ2) is 7.18. The van der Waals surface area contributed by atoms with Crippen molar-refractivity contribution in [1.29, 1.82) is 0 Å². The van der Waals surface area contributed by atoms with Crippen molar-refractivity contribution in [3.05, 3.63) is 69.4 Å². The number of nitrogens with zero attached hydrogens (tertiary/aromatic N) is 2. The second-order valence-corrected chi connectivity index (χ2v) is 9.09. The molecule has 6 nitrogen and oxygen atoms in total. The molecule has 4 atom stereocenters. The maximum atomic E-state index is 13.4. The quantitative estimate of drug-likeness (QED) is 0.405. The summed E-state index contributed by atoms with van der Waals surface area (Å²) in [5, 5.41) is 3.83. The van der Waals surface area contributed by atoms with E-state index in [4.69, 9.17) is 11.6 Å². The van der Waals surface area contributed by atoms with Crippen LogP contribution in [0.1, 0.15) is 26.5 Å². The first-order valence-electron chi connectivity index (χ1n) is 9.66. The molecule has 0 N–H and O–H groups in total. The van der Waals surface area contributed by atoms with Gasteiger partial charge < -0.3 is 0 Å². The van der Waals surface area contributed by atoms with Crippen LogP contribution in [-0.4, -0.2) is 40.1 Å². The molecule has 3 aliphatic rings. The first kappa shape index (κ1) is 19.2. The summed E-state index contributed by atoms with van der Waals surface area (Å²) in [7, 11) is 0. The Morgan fingerprint density at radius 3 is 2.30 bits per heavy atom. The Hall–Kier alpha value is -2.77. The number of fused-ring (bicyclic) bond motifs is 5. The van der Waals surface area contributed by atoms with Crippen molar-refractivity contribution in [3.8, 4) is 0 Å². The lowest BCUT2D eigenvalue weighted by Gasteiger charge is -2.30. The van der Waals surface area contributed by atoms with Gasteiger partial charge in [0.05, 0.1) is 27.3 Å². The summed E-state index contributed by atoms with van der Waals surface area (Å²) in [6, 6.07) is 9.78. The van der Waals surface area contributed by atoms with Crippen molar-refractivity contribution < 1.29 is 19.2 Å². The van der Waals surface area contributed by atoms with E-state index in [0.717, 1.165) is 16.4 Å². The van der Waals surface area contributed by atoms with Gasteiger partial charge in [-0.1, -0.05) is 42.0 Å². The Balaban J connectivity index is 1.52. The summed E-state index contributed by atoms with van der Waals surface area (Å²) in [5.74, 6) is -2.74. The molecule has 3 amide bonds. The van der Waals surface area contributed by atoms with Crippen LogP contribution >= 0.6 is 22.9 Å². The van der Waals surface area contributed by atoms with Crippen molar-refractivity contribution in [2.24, 2.45) is 23.7 Å². The number of imide groups is 1. The van der Waals surface area contributed by atoms with Gasteiger partial charge in [-0.05, 0) is 41.8 Å². The summed E-state index contributed by atoms with van der Waals surface area (Å²) in [4.78, 5) is 53.2. The average Bonchev–Trinajstić information content (AvgIpc) is 3.52. The summed E-state index contributed by atoms with van der Waals surface area (Å²) >= 11 is 7.45. The Morgan fingerprint density at radius 2 is 1.70 bits per heavy atom. The molecule has 1 saturated heterocycles. The molecule has 2 aliphatic carbocycles. The molecule has 2 fully saturated rings. The number of carbonyl (C=O) groups excluding carboxylic acids is 4. The number of amides is 3. The number of thiophene rings is 1. The number of benzene rings is 1. The standard InChI is InChI=1S/C22H17ClN2O4S/c23-15-5-2-1-4-14(15)20(27)24(11-16(26)17-6-3-9-30-17)25-21(28)18-12-7-8-13(10-12)19(18)22(25)29/h1-9,12-13,18-19H,10-11H2/t12-,13-,18-,19-/m0/s1. The lowest BCUT2D eigenvalue weighted by Crippen LogP contribution is -2.52. The number of halogens is 1. The third-order valence-electron chi connectivity index (χ3n) is 6.12. The smallest absolute Gasteiger partial charge is 0.274 e. The van der Waals surface area contributed by atoms with Crippen LogP contribution in [0.15, 0.2) is 53.9 Å². The highest BCUT2D eigenvalue weighted by molar-refractivity contribution is 7.12. The predicted molar refractivity (Wildman–Crippen MR) is 111 cm³/mol. The van der Waals surface area contributed by atoms with Crippen LogP contribution in [0.5, 0.6) is 0 Å². The van der Waals surface area contributed by atoms with E-state index in [0.29, 0.717) is 4.88 Å². The van der Waals surface area contributed by atoms with Gasteiger partial charge in [0.2, 0.25) is 0 Å². The van der Waals surface area contributed by atoms with Crippen LogP contribution in [-0.2, 0) is 9.59 Å². The molecule has 1 aliphatic heterocycles. The monoisotopic (exact) mass is 440 g/mol. The fourth-order valence-corrected chi connectivity index (χ4v) is 5.66. The van der Waals surface area contributed by atoms with Gasteiger partial charge in [0.25, 0.3) is 17.7 Å². The van der Waals surface area contributed by atoms with Crippen LogP contribution < -0.4 is 0 Å². The molecule has 1 saturated carbocycles. The molecule has 30 heavy (non-hydrogen) atoms. The first-order valence-corrected chi connectivity index (χ1v) is 10.9. The number of carbonyl (C=O) groups is 4. The normalized spacial score (nSPS) is 26.4. The van der Waals surface area contributed by atoms with Crippen molar-refractivity contribution in [3.63, 3.8) is 0 Å². The first-order chi connectivity index (χ1) is 14.5. The average molecular weight is 441 g/mol. The molecule has 2 aromatic rings. The maximum Gasteiger partial charge on any atom is 0.274 e. The van der Waals surface area contributed by atoms with Crippen molar-refractivity contribution in [2.45, 2.75) is 6.42 Å². The third-order valence-corrected chi connectivity index (χ3v) is 7.36. The summed E-state index contributed by atoms with van der Waals surface area (Å²) in [6.07, 6.45) is 4.75. The van der Waals surface area contributed by atoms with E-state index in [2.05, 4.69) is 0 Å². The van der Waals surface area contributed by atoms with E-state index in [1.165, 1.54) is 17.4 Å². The van der Waals surface area contributed by atoms with E-state index >= 15 is 0 Å². The van der Waals surface area contributed by atoms with Gasteiger partial charge in [-0.25, -0.2) is 5.01 Å². The van der Waals surface area contributed by atoms with Gasteiger partial charge in [-0.3, -0.25) is 19.2 Å². The molecule has 1 aromatic heterocycles. The summed E-state index contributed by atoms with van der Waals surface area (Å²) < 4.78 is 0. The molecule has 152 valence electrons. The van der Waals surface area contributed by atoms with Crippen molar-refractivity contribution >= 4 is 46.4 Å². The third kappa shape index (κ3) is 2.84.